The third kappa shape index (κ3) is 0.942. The molecule has 1 rings (SSSR count). The van der Waals surface area contributed by atoms with Gasteiger partial charge in [0.25, 0.3) is 0 Å². The van der Waals surface area contributed by atoms with Crippen LogP contribution in [0.4, 0.5) is 0 Å². The molecule has 7 heavy (non-hydrogen) atoms. The van der Waals surface area contributed by atoms with Gasteiger partial charge < -0.3 is 4.90 Å². The Morgan fingerprint density at radius 2 is 2.43 bits per heavy atom. The molecule has 1 N–H and O–H groups in total. The van der Waals surface area contributed by atoms with Crippen molar-refractivity contribution in [3.63, 3.8) is 0 Å². The molecule has 1 heterocycles. The Morgan fingerprint density at radius 3 is 2.57 bits per heavy atom. The molecule has 1 fully saturated rings. The van der Waals surface area contributed by atoms with Gasteiger partial charge >= 0.3 is 0 Å². The minimum Gasteiger partial charge on any atom is -0.466 e. The number of hydrogen-bond donors (Lipinski definition) is 1. The first kappa shape index (κ1) is 5.10. The van der Waals surface area contributed by atoms with Crippen molar-refractivity contribution >= 4 is 0 Å². The fourth-order valence-corrected chi connectivity index (χ4v) is 1.09. The fraction of sp³-hybridized carbons (Fsp3) is 0.833. The Bertz CT molecular complexity index is 53.2. The number of quaternary nitrogens is 1. The molecule has 1 aliphatic rings. The molecule has 42 valence electrons. The van der Waals surface area contributed by atoms with E-state index in [4.69, 9.17) is 0 Å². The molecule has 0 aromatic carbocycles. The third-order valence-corrected chi connectivity index (χ3v) is 1.83. The summed E-state index contributed by atoms with van der Waals surface area (Å²) < 4.78 is 0. The maximum atomic E-state index is 3.94. The minimum absolute atomic E-state index is 0.819. The van der Waals surface area contributed by atoms with E-state index in [-0.39, 0.29) is 0 Å². The van der Waals surface area contributed by atoms with Crippen molar-refractivity contribution in [1.29, 1.82) is 0 Å². The van der Waals surface area contributed by atoms with Crippen LogP contribution in [0.1, 0.15) is 19.8 Å². The summed E-state index contributed by atoms with van der Waals surface area (Å²) in [6.45, 7) is 3.54. The Morgan fingerprint density at radius 1 is 1.71 bits per heavy atom. The normalized spacial score (nSPS) is 42.0. The summed E-state index contributed by atoms with van der Waals surface area (Å²) in [5.74, 6) is 0. The van der Waals surface area contributed by atoms with E-state index >= 15 is 0 Å². The van der Waals surface area contributed by atoms with E-state index in [0.29, 0.717) is 0 Å². The van der Waals surface area contributed by atoms with Crippen molar-refractivity contribution in [2.24, 2.45) is 0 Å². The first-order chi connectivity index (χ1) is 3.30. The van der Waals surface area contributed by atoms with Crippen LogP contribution < -0.4 is 4.90 Å². The highest BCUT2D eigenvalue weighted by Crippen LogP contribution is 1.96. The molecule has 1 saturated heterocycles. The van der Waals surface area contributed by atoms with E-state index in [1.807, 2.05) is 0 Å². The molecule has 0 aliphatic carbocycles. The van der Waals surface area contributed by atoms with Crippen molar-refractivity contribution in [2.75, 3.05) is 6.54 Å². The van der Waals surface area contributed by atoms with Crippen LogP contribution in [0.25, 0.3) is 0 Å². The third-order valence-electron chi connectivity index (χ3n) is 1.83. The highest BCUT2D eigenvalue weighted by molar-refractivity contribution is 4.54. The Kier molecular flexibility index (Phi) is 1.33. The quantitative estimate of drug-likeness (QED) is 0.403. The summed E-state index contributed by atoms with van der Waals surface area (Å²) in [5.41, 5.74) is 0. The zero-order valence-corrected chi connectivity index (χ0v) is 4.91. The van der Waals surface area contributed by atoms with E-state index in [9.17, 15) is 0 Å². The number of nitrogens with one attached hydrogen (secondary N) is 1. The van der Waals surface area contributed by atoms with Gasteiger partial charge in [0.1, 0.15) is 0 Å². The van der Waals surface area contributed by atoms with Crippen LogP contribution in [-0.2, 0) is 0 Å². The average Bonchev–Trinajstić information content (AvgIpc) is 1.91. The molecule has 2 atom stereocenters. The molecular weight excluding hydrogens is 86.1 g/mol. The van der Waals surface area contributed by atoms with Gasteiger partial charge in [0, 0.05) is 6.42 Å². The van der Waals surface area contributed by atoms with Gasteiger partial charge in [0.05, 0.1) is 12.6 Å². The van der Waals surface area contributed by atoms with Crippen LogP contribution in [0.3, 0.4) is 0 Å². The second kappa shape index (κ2) is 1.83. The molecule has 1 aliphatic heterocycles. The number of hydrogen-bond acceptors (Lipinski definition) is 0. The molecule has 0 spiro atoms. The van der Waals surface area contributed by atoms with E-state index in [1.54, 1.807) is 0 Å². The molecule has 0 saturated carbocycles. The van der Waals surface area contributed by atoms with Gasteiger partial charge in [-0.15, -0.1) is 0 Å². The molecule has 1 unspecified atom stereocenters. The van der Waals surface area contributed by atoms with Crippen LogP contribution in [0.5, 0.6) is 0 Å². The van der Waals surface area contributed by atoms with Crippen molar-refractivity contribution in [1.82, 2.24) is 0 Å². The van der Waals surface area contributed by atoms with E-state index in [2.05, 4.69) is 14.0 Å². The lowest BCUT2D eigenvalue weighted by atomic mass is 10.3. The zero-order chi connectivity index (χ0) is 5.28. The van der Waals surface area contributed by atoms with Crippen molar-refractivity contribution in [3.8, 4) is 0 Å². The van der Waals surface area contributed by atoms with E-state index in [1.165, 1.54) is 24.3 Å². The summed E-state index contributed by atoms with van der Waals surface area (Å²) in [4.78, 5) is 1.46. The monoisotopic (exact) mass is 99.1 g/mol. The van der Waals surface area contributed by atoms with Crippen LogP contribution in [0.15, 0.2) is 0 Å². The van der Waals surface area contributed by atoms with Crippen molar-refractivity contribution in [3.05, 3.63) is 7.05 Å². The summed E-state index contributed by atoms with van der Waals surface area (Å²) in [6.07, 6.45) is 2.75. The van der Waals surface area contributed by atoms with Gasteiger partial charge in [-0.25, -0.2) is 0 Å². The van der Waals surface area contributed by atoms with Gasteiger partial charge in [-0.1, -0.05) is 0 Å². The highest BCUT2D eigenvalue weighted by atomic mass is 15.1. The maximum absolute atomic E-state index is 3.94. The number of likely N-dealkylation sites (tertiary alicyclic amines) is 1. The van der Waals surface area contributed by atoms with E-state index < -0.39 is 0 Å². The smallest absolute Gasteiger partial charge is 0.0608 e. The predicted molar refractivity (Wildman–Crippen MR) is 29.9 cm³/mol. The van der Waals surface area contributed by atoms with Crippen LogP contribution in [0.2, 0.25) is 0 Å². The highest BCUT2D eigenvalue weighted by Gasteiger charge is 2.14. The minimum atomic E-state index is 0.819. The van der Waals surface area contributed by atoms with Gasteiger partial charge in [0.15, 0.2) is 0 Å². The standard InChI is InChI=1S/C6H13N/c1-6-4-3-5-7(6)2/h6-7H,2-5H2,1H3/t6-/m0/s1. The van der Waals surface area contributed by atoms with Gasteiger partial charge in [-0.2, -0.15) is 7.05 Å². The first-order valence-electron chi connectivity index (χ1n) is 2.98. The Hall–Kier alpha value is -0.0400. The lowest BCUT2D eigenvalue weighted by molar-refractivity contribution is -0.864. The molecule has 0 bridgehead atoms. The van der Waals surface area contributed by atoms with E-state index in [0.717, 1.165) is 6.04 Å². The lowest BCUT2D eigenvalue weighted by Crippen LogP contribution is -3.08. The van der Waals surface area contributed by atoms with Crippen LogP contribution in [0, 0.1) is 7.05 Å². The van der Waals surface area contributed by atoms with Crippen LogP contribution >= 0.6 is 0 Å². The van der Waals surface area contributed by atoms with Gasteiger partial charge in [-0.05, 0) is 13.3 Å². The fourth-order valence-electron chi connectivity index (χ4n) is 1.09. The Labute approximate surface area is 45.3 Å². The molecule has 0 radical (unpaired) electrons. The average molecular weight is 99.2 g/mol. The molecule has 1 heteroatoms. The molecular formula is C6H13N. The summed E-state index contributed by atoms with van der Waals surface area (Å²) >= 11 is 0. The second-order valence-corrected chi connectivity index (χ2v) is 2.45. The summed E-state index contributed by atoms with van der Waals surface area (Å²) in [7, 11) is 3.94. The molecule has 0 aromatic heterocycles. The second-order valence-electron chi connectivity index (χ2n) is 2.45. The summed E-state index contributed by atoms with van der Waals surface area (Å²) in [6, 6.07) is 0.819. The molecule has 0 amide bonds. The number of rotatable bonds is 0. The van der Waals surface area contributed by atoms with Crippen molar-refractivity contribution < 1.29 is 4.90 Å². The largest absolute Gasteiger partial charge is 0.466 e. The molecule has 0 aromatic rings. The van der Waals surface area contributed by atoms with Crippen molar-refractivity contribution in [2.45, 2.75) is 25.8 Å². The SMILES string of the molecule is [CH2-][NH+]1CCC[C@@H]1C. The zero-order valence-electron chi connectivity index (χ0n) is 4.91. The Balaban J connectivity index is 2.33. The first-order valence-corrected chi connectivity index (χ1v) is 2.98. The maximum Gasteiger partial charge on any atom is 0.0608 e. The van der Waals surface area contributed by atoms with Gasteiger partial charge in [0.2, 0.25) is 0 Å². The summed E-state index contributed by atoms with van der Waals surface area (Å²) in [5, 5.41) is 0. The topological polar surface area (TPSA) is 4.44 Å². The van der Waals surface area contributed by atoms with Crippen LogP contribution in [-0.4, -0.2) is 12.6 Å². The lowest BCUT2D eigenvalue weighted by Gasteiger charge is -2.18. The predicted octanol–water partition coefficient (Wildman–Crippen LogP) is -0.155. The molecule has 1 nitrogen and oxygen atoms in total. The van der Waals surface area contributed by atoms with Gasteiger partial charge in [-0.3, -0.25) is 0 Å².